The Morgan fingerprint density at radius 1 is 1.33 bits per heavy atom. The quantitative estimate of drug-likeness (QED) is 0.565. The predicted octanol–water partition coefficient (Wildman–Crippen LogP) is 0.676. The van der Waals surface area contributed by atoms with Gasteiger partial charge in [0.15, 0.2) is 0 Å². The zero-order valence-corrected chi connectivity index (χ0v) is 10.3. The Morgan fingerprint density at radius 2 is 1.94 bits per heavy atom. The van der Waals surface area contributed by atoms with E-state index in [1.54, 1.807) is 13.8 Å². The summed E-state index contributed by atoms with van der Waals surface area (Å²) in [5, 5.41) is 13.4. The number of carboxylic acids is 1. The minimum Gasteiger partial charge on any atom is -0.480 e. The summed E-state index contributed by atoms with van der Waals surface area (Å²) in [4.78, 5) is 22.0. The summed E-state index contributed by atoms with van der Waals surface area (Å²) in [5.74, 6) is -1.39. The Kier molecular flexibility index (Phi) is 7.93. The predicted molar refractivity (Wildman–Crippen MR) is 59.6 cm³/mol. The fraction of sp³-hybridized carbons (Fsp3) is 0.800. The minimum absolute atomic E-state index is 0.0307. The summed E-state index contributed by atoms with van der Waals surface area (Å²) in [6.07, 6.45) is -2.55. The Balaban J connectivity index is 3.79. The second-order valence-corrected chi connectivity index (χ2v) is 3.93. The number of aliphatic carboxylic acids is 1. The molecule has 0 saturated heterocycles. The van der Waals surface area contributed by atoms with Crippen molar-refractivity contribution >= 4 is 12.0 Å². The van der Waals surface area contributed by atoms with Crippen LogP contribution in [0.4, 0.5) is 13.6 Å². The molecule has 0 aliphatic carbocycles. The van der Waals surface area contributed by atoms with Crippen molar-refractivity contribution in [3.05, 3.63) is 0 Å². The number of alkyl halides is 2. The van der Waals surface area contributed by atoms with Crippen LogP contribution in [-0.2, 0) is 9.53 Å². The van der Waals surface area contributed by atoms with Gasteiger partial charge in [-0.2, -0.15) is 0 Å². The van der Waals surface area contributed by atoms with Crippen LogP contribution in [0.25, 0.3) is 0 Å². The molecule has 0 aliphatic rings. The largest absolute Gasteiger partial charge is 0.480 e. The van der Waals surface area contributed by atoms with E-state index in [4.69, 9.17) is 5.11 Å². The Morgan fingerprint density at radius 3 is 2.39 bits per heavy atom. The molecule has 0 heterocycles. The topological polar surface area (TPSA) is 87.7 Å². The molecule has 1 atom stereocenters. The third-order valence-electron chi connectivity index (χ3n) is 2.00. The lowest BCUT2D eigenvalue weighted by atomic mass is 10.1. The molecule has 6 nitrogen and oxygen atoms in total. The molecular formula is C10H18F2N2O4. The normalized spacial score (nSPS) is 12.6. The fourth-order valence-electron chi connectivity index (χ4n) is 1.11. The zero-order valence-electron chi connectivity index (χ0n) is 10.3. The second kappa shape index (κ2) is 8.62. The Hall–Kier alpha value is -1.44. The van der Waals surface area contributed by atoms with Crippen molar-refractivity contribution in [3.8, 4) is 0 Å². The van der Waals surface area contributed by atoms with Crippen LogP contribution in [0.3, 0.4) is 0 Å². The summed E-state index contributed by atoms with van der Waals surface area (Å²) < 4.78 is 27.9. The number of urea groups is 1. The molecule has 0 aromatic carbocycles. The lowest BCUT2D eigenvalue weighted by Crippen LogP contribution is -2.49. The molecule has 0 bridgehead atoms. The molecule has 18 heavy (non-hydrogen) atoms. The average Bonchev–Trinajstić information content (AvgIpc) is 2.24. The highest BCUT2D eigenvalue weighted by Crippen LogP contribution is 2.01. The van der Waals surface area contributed by atoms with Crippen LogP contribution in [0, 0.1) is 5.92 Å². The molecule has 0 saturated carbocycles. The van der Waals surface area contributed by atoms with Gasteiger partial charge >= 0.3 is 12.0 Å². The van der Waals surface area contributed by atoms with Crippen molar-refractivity contribution < 1.29 is 28.2 Å². The van der Waals surface area contributed by atoms with Crippen molar-refractivity contribution in [2.75, 3.05) is 19.8 Å². The summed E-state index contributed by atoms with van der Waals surface area (Å²) in [5.41, 5.74) is 0. The first kappa shape index (κ1) is 16.6. The number of ether oxygens (including phenoxy) is 1. The third kappa shape index (κ3) is 7.77. The van der Waals surface area contributed by atoms with Crippen LogP contribution in [-0.4, -0.2) is 49.3 Å². The number of hydrogen-bond donors (Lipinski definition) is 3. The van der Waals surface area contributed by atoms with E-state index < -0.39 is 31.1 Å². The zero-order chi connectivity index (χ0) is 14.1. The monoisotopic (exact) mass is 268 g/mol. The smallest absolute Gasteiger partial charge is 0.326 e. The molecule has 0 rings (SSSR count). The molecule has 0 aromatic heterocycles. The maximum Gasteiger partial charge on any atom is 0.326 e. The summed E-state index contributed by atoms with van der Waals surface area (Å²) >= 11 is 0. The molecule has 106 valence electrons. The molecular weight excluding hydrogens is 250 g/mol. The first-order chi connectivity index (χ1) is 8.34. The van der Waals surface area contributed by atoms with E-state index in [1.165, 1.54) is 0 Å². The van der Waals surface area contributed by atoms with E-state index in [0.29, 0.717) is 0 Å². The van der Waals surface area contributed by atoms with Crippen molar-refractivity contribution in [3.63, 3.8) is 0 Å². The lowest BCUT2D eigenvalue weighted by molar-refractivity contribution is -0.140. The highest BCUT2D eigenvalue weighted by Gasteiger charge is 2.22. The number of carboxylic acid groups (broad SMARTS) is 1. The van der Waals surface area contributed by atoms with Gasteiger partial charge < -0.3 is 20.5 Å². The molecule has 2 amide bonds. The van der Waals surface area contributed by atoms with Crippen LogP contribution >= 0.6 is 0 Å². The van der Waals surface area contributed by atoms with Gasteiger partial charge in [-0.25, -0.2) is 18.4 Å². The van der Waals surface area contributed by atoms with Crippen molar-refractivity contribution in [2.45, 2.75) is 26.3 Å². The van der Waals surface area contributed by atoms with E-state index in [-0.39, 0.29) is 19.1 Å². The molecule has 0 aliphatic heterocycles. The molecule has 3 N–H and O–H groups in total. The molecule has 0 radical (unpaired) electrons. The van der Waals surface area contributed by atoms with Gasteiger partial charge in [-0.3, -0.25) is 0 Å². The highest BCUT2D eigenvalue weighted by atomic mass is 19.3. The van der Waals surface area contributed by atoms with Crippen molar-refractivity contribution in [1.29, 1.82) is 0 Å². The maximum atomic E-state index is 11.7. The Labute approximate surface area is 104 Å². The van der Waals surface area contributed by atoms with E-state index in [2.05, 4.69) is 15.4 Å². The number of amides is 2. The first-order valence-corrected chi connectivity index (χ1v) is 5.47. The number of halogens is 2. The van der Waals surface area contributed by atoms with Crippen molar-refractivity contribution in [2.24, 2.45) is 5.92 Å². The highest BCUT2D eigenvalue weighted by molar-refractivity contribution is 5.82. The Bertz CT molecular complexity index is 275. The molecule has 0 spiro atoms. The standard InChI is InChI=1S/C10H18F2N2O4/c1-6(2)8(9(15)16)14-10(17)13-3-4-18-5-7(11)12/h6-8H,3-5H2,1-2H3,(H,15,16)(H2,13,14,17)/t8-/m0/s1. The summed E-state index contributed by atoms with van der Waals surface area (Å²) in [7, 11) is 0. The number of carbonyl (C=O) groups excluding carboxylic acids is 1. The van der Waals surface area contributed by atoms with Crippen LogP contribution in [0.1, 0.15) is 13.8 Å². The lowest BCUT2D eigenvalue weighted by Gasteiger charge is -2.18. The van der Waals surface area contributed by atoms with Gasteiger partial charge in [0.05, 0.1) is 6.61 Å². The van der Waals surface area contributed by atoms with E-state index in [0.717, 1.165) is 0 Å². The van der Waals surface area contributed by atoms with Gasteiger partial charge in [0.2, 0.25) is 0 Å². The molecule has 0 unspecified atom stereocenters. The molecule has 0 aromatic rings. The van der Waals surface area contributed by atoms with Gasteiger partial charge in [-0.05, 0) is 5.92 Å². The average molecular weight is 268 g/mol. The minimum atomic E-state index is -2.55. The van der Waals surface area contributed by atoms with Gasteiger partial charge in [-0.1, -0.05) is 13.8 Å². The maximum absolute atomic E-state index is 11.7. The van der Waals surface area contributed by atoms with Crippen LogP contribution in [0.15, 0.2) is 0 Å². The summed E-state index contributed by atoms with van der Waals surface area (Å²) in [6.45, 7) is 2.60. The number of rotatable bonds is 8. The second-order valence-electron chi connectivity index (χ2n) is 3.93. The van der Waals surface area contributed by atoms with Crippen LogP contribution in [0.2, 0.25) is 0 Å². The third-order valence-corrected chi connectivity index (χ3v) is 2.00. The van der Waals surface area contributed by atoms with Crippen LogP contribution in [0.5, 0.6) is 0 Å². The van der Waals surface area contributed by atoms with Gasteiger partial charge in [0.1, 0.15) is 12.6 Å². The van der Waals surface area contributed by atoms with Gasteiger partial charge in [0, 0.05) is 6.54 Å². The van der Waals surface area contributed by atoms with Crippen LogP contribution < -0.4 is 10.6 Å². The van der Waals surface area contributed by atoms with E-state index >= 15 is 0 Å². The van der Waals surface area contributed by atoms with Crippen molar-refractivity contribution in [1.82, 2.24) is 10.6 Å². The number of hydrogen-bond acceptors (Lipinski definition) is 3. The van der Waals surface area contributed by atoms with E-state index in [1.807, 2.05) is 0 Å². The van der Waals surface area contributed by atoms with Gasteiger partial charge in [-0.15, -0.1) is 0 Å². The fourth-order valence-corrected chi connectivity index (χ4v) is 1.11. The first-order valence-electron chi connectivity index (χ1n) is 5.47. The summed E-state index contributed by atoms with van der Waals surface area (Å²) in [6, 6.07) is -1.66. The molecule has 0 fully saturated rings. The molecule has 8 heteroatoms. The SMILES string of the molecule is CC(C)[C@H](NC(=O)NCCOCC(F)F)C(=O)O. The van der Waals surface area contributed by atoms with E-state index in [9.17, 15) is 18.4 Å². The van der Waals surface area contributed by atoms with Gasteiger partial charge in [0.25, 0.3) is 6.43 Å². The number of carbonyl (C=O) groups is 2. The number of nitrogens with one attached hydrogen (secondary N) is 2.